The lowest BCUT2D eigenvalue weighted by atomic mass is 9.99. The molecule has 76 valence electrons. The van der Waals surface area contributed by atoms with Crippen molar-refractivity contribution in [2.75, 3.05) is 19.3 Å². The maximum absolute atomic E-state index is 4.64. The number of hydrogen-bond acceptors (Lipinski definition) is 3. The Morgan fingerprint density at radius 3 is 2.62 bits per heavy atom. The van der Waals surface area contributed by atoms with Crippen molar-refractivity contribution in [3.05, 3.63) is 0 Å². The molecule has 13 heavy (non-hydrogen) atoms. The third kappa shape index (κ3) is 3.69. The summed E-state index contributed by atoms with van der Waals surface area (Å²) in [5.41, 5.74) is 0.214. The van der Waals surface area contributed by atoms with E-state index >= 15 is 0 Å². The summed E-state index contributed by atoms with van der Waals surface area (Å²) in [6, 6.07) is 0.481. The van der Waals surface area contributed by atoms with Crippen molar-refractivity contribution in [3.8, 4) is 0 Å². The molecule has 1 rings (SSSR count). The fraction of sp³-hybridized carbons (Fsp3) is 0.900. The number of thioether (sulfide) groups is 1. The molecule has 3 heteroatoms. The van der Waals surface area contributed by atoms with Gasteiger partial charge in [-0.3, -0.25) is 4.99 Å². The number of nitrogens with zero attached hydrogens (tertiary/aromatic N) is 1. The summed E-state index contributed by atoms with van der Waals surface area (Å²) in [5.74, 6) is 0. The van der Waals surface area contributed by atoms with Crippen molar-refractivity contribution < 1.29 is 0 Å². The van der Waals surface area contributed by atoms with Crippen LogP contribution in [0.3, 0.4) is 0 Å². The van der Waals surface area contributed by atoms with Gasteiger partial charge in [-0.05, 0) is 11.7 Å². The predicted molar refractivity (Wildman–Crippen MR) is 61.9 cm³/mol. The Morgan fingerprint density at radius 2 is 2.08 bits per heavy atom. The zero-order valence-electron chi connectivity index (χ0n) is 9.00. The average molecular weight is 200 g/mol. The van der Waals surface area contributed by atoms with E-state index < -0.39 is 0 Å². The number of hydrogen-bond donors (Lipinski definition) is 1. The topological polar surface area (TPSA) is 24.4 Å². The van der Waals surface area contributed by atoms with Crippen LogP contribution in [-0.4, -0.2) is 36.9 Å². The normalized spacial score (nSPS) is 30.2. The quantitative estimate of drug-likeness (QED) is 0.688. The summed E-state index contributed by atoms with van der Waals surface area (Å²) in [4.78, 5) is 4.64. The molecule has 0 saturated carbocycles. The molecule has 1 saturated heterocycles. The molecular formula is C10H20N2S. The van der Waals surface area contributed by atoms with Crippen LogP contribution >= 0.6 is 11.8 Å². The van der Waals surface area contributed by atoms with Gasteiger partial charge in [0.05, 0.1) is 6.04 Å². The van der Waals surface area contributed by atoms with Crippen molar-refractivity contribution in [1.29, 1.82) is 0 Å². The minimum Gasteiger partial charge on any atom is -0.313 e. The van der Waals surface area contributed by atoms with E-state index in [1.807, 2.05) is 11.8 Å². The van der Waals surface area contributed by atoms with Crippen molar-refractivity contribution in [2.24, 2.45) is 10.4 Å². The first kappa shape index (κ1) is 11.1. The van der Waals surface area contributed by atoms with E-state index in [1.54, 1.807) is 0 Å². The van der Waals surface area contributed by atoms with Crippen LogP contribution in [0.5, 0.6) is 0 Å². The number of rotatable bonds is 2. The summed E-state index contributed by atoms with van der Waals surface area (Å²) in [7, 11) is 0. The van der Waals surface area contributed by atoms with Crippen LogP contribution < -0.4 is 5.32 Å². The van der Waals surface area contributed by atoms with Gasteiger partial charge in [-0.1, -0.05) is 20.8 Å². The minimum absolute atomic E-state index is 0.214. The first-order chi connectivity index (χ1) is 6.03. The van der Waals surface area contributed by atoms with E-state index in [9.17, 15) is 0 Å². The van der Waals surface area contributed by atoms with Gasteiger partial charge in [-0.15, -0.1) is 0 Å². The van der Waals surface area contributed by atoms with Crippen LogP contribution in [0.15, 0.2) is 4.99 Å². The Kier molecular flexibility index (Phi) is 3.80. The average Bonchev–Trinajstić information content (AvgIpc) is 2.46. The van der Waals surface area contributed by atoms with Crippen LogP contribution in [0.4, 0.5) is 0 Å². The predicted octanol–water partition coefficient (Wildman–Crippen LogP) is 1.81. The van der Waals surface area contributed by atoms with Crippen LogP contribution in [-0.2, 0) is 0 Å². The van der Waals surface area contributed by atoms with Gasteiger partial charge in [-0.25, -0.2) is 0 Å². The highest BCUT2D eigenvalue weighted by Crippen LogP contribution is 2.18. The summed E-state index contributed by atoms with van der Waals surface area (Å²) >= 11 is 1.91. The van der Waals surface area contributed by atoms with Crippen LogP contribution in [0.2, 0.25) is 0 Å². The van der Waals surface area contributed by atoms with Crippen molar-refractivity contribution >= 4 is 18.0 Å². The molecular weight excluding hydrogens is 180 g/mol. The first-order valence-corrected chi connectivity index (χ1v) is 6.09. The van der Waals surface area contributed by atoms with Gasteiger partial charge in [0.15, 0.2) is 0 Å². The highest BCUT2D eigenvalue weighted by Gasteiger charge is 2.25. The molecule has 0 aliphatic carbocycles. The zero-order valence-corrected chi connectivity index (χ0v) is 9.82. The van der Waals surface area contributed by atoms with Crippen LogP contribution in [0.1, 0.15) is 20.8 Å². The second-order valence-electron chi connectivity index (χ2n) is 4.64. The number of aliphatic imine (C=N–C) groups is 1. The smallest absolute Gasteiger partial charge is 0.0750 e. The Bertz CT molecular complexity index is 184. The van der Waals surface area contributed by atoms with Gasteiger partial charge in [0.1, 0.15) is 0 Å². The standard InChI is InChI=1S/C10H20N2S/c1-10(2,3)7-12-8-5-11-6-9(8)13-4/h7-9,11H,5-6H2,1-4H3/t8-,9-/m0/s1. The number of nitrogens with one attached hydrogen (secondary N) is 1. The minimum atomic E-state index is 0.214. The summed E-state index contributed by atoms with van der Waals surface area (Å²) in [5, 5.41) is 4.04. The monoisotopic (exact) mass is 200 g/mol. The van der Waals surface area contributed by atoms with E-state index in [2.05, 4.69) is 43.6 Å². The third-order valence-electron chi connectivity index (χ3n) is 2.08. The first-order valence-electron chi connectivity index (χ1n) is 4.81. The molecule has 1 aliphatic rings. The molecule has 1 fully saturated rings. The van der Waals surface area contributed by atoms with E-state index in [0.29, 0.717) is 11.3 Å². The lowest BCUT2D eigenvalue weighted by Gasteiger charge is -2.15. The van der Waals surface area contributed by atoms with E-state index in [4.69, 9.17) is 0 Å². The Labute approximate surface area is 85.6 Å². The van der Waals surface area contributed by atoms with Crippen molar-refractivity contribution in [2.45, 2.75) is 32.1 Å². The highest BCUT2D eigenvalue weighted by atomic mass is 32.2. The molecule has 0 amide bonds. The molecule has 0 spiro atoms. The van der Waals surface area contributed by atoms with Gasteiger partial charge in [0.2, 0.25) is 0 Å². The molecule has 0 unspecified atom stereocenters. The van der Waals surface area contributed by atoms with Gasteiger partial charge in [0, 0.05) is 24.6 Å². The largest absolute Gasteiger partial charge is 0.313 e. The highest BCUT2D eigenvalue weighted by molar-refractivity contribution is 7.99. The maximum Gasteiger partial charge on any atom is 0.0750 e. The van der Waals surface area contributed by atoms with Crippen molar-refractivity contribution in [3.63, 3.8) is 0 Å². The lowest BCUT2D eigenvalue weighted by molar-refractivity contribution is 0.597. The van der Waals surface area contributed by atoms with Gasteiger partial charge in [-0.2, -0.15) is 11.8 Å². The second kappa shape index (κ2) is 4.47. The molecule has 0 bridgehead atoms. The van der Waals surface area contributed by atoms with Gasteiger partial charge >= 0.3 is 0 Å². The molecule has 0 radical (unpaired) electrons. The van der Waals surface area contributed by atoms with Crippen molar-refractivity contribution in [1.82, 2.24) is 5.32 Å². The Morgan fingerprint density at radius 1 is 1.38 bits per heavy atom. The molecule has 1 heterocycles. The summed E-state index contributed by atoms with van der Waals surface area (Å²) in [6.45, 7) is 8.71. The zero-order chi connectivity index (χ0) is 9.90. The van der Waals surface area contributed by atoms with Crippen LogP contribution in [0, 0.1) is 5.41 Å². The molecule has 1 N–H and O–H groups in total. The molecule has 0 aromatic heterocycles. The molecule has 0 aromatic rings. The molecule has 2 atom stereocenters. The SMILES string of the molecule is CS[C@H]1CNC[C@@H]1N=CC(C)(C)C. The molecule has 0 aromatic carbocycles. The fourth-order valence-corrected chi connectivity index (χ4v) is 2.11. The Balaban J connectivity index is 2.48. The van der Waals surface area contributed by atoms with Crippen LogP contribution in [0.25, 0.3) is 0 Å². The lowest BCUT2D eigenvalue weighted by Crippen LogP contribution is -2.20. The van der Waals surface area contributed by atoms with Gasteiger partial charge < -0.3 is 5.32 Å². The van der Waals surface area contributed by atoms with E-state index in [1.165, 1.54) is 0 Å². The van der Waals surface area contributed by atoms with E-state index in [-0.39, 0.29) is 5.41 Å². The fourth-order valence-electron chi connectivity index (χ4n) is 1.35. The second-order valence-corrected chi connectivity index (χ2v) is 5.72. The molecule has 2 nitrogen and oxygen atoms in total. The third-order valence-corrected chi connectivity index (χ3v) is 3.17. The summed E-state index contributed by atoms with van der Waals surface area (Å²) < 4.78 is 0. The van der Waals surface area contributed by atoms with Gasteiger partial charge in [0.25, 0.3) is 0 Å². The summed E-state index contributed by atoms with van der Waals surface area (Å²) in [6.07, 6.45) is 4.26. The molecule has 1 aliphatic heterocycles. The maximum atomic E-state index is 4.64. The Hall–Kier alpha value is -0.0200. The van der Waals surface area contributed by atoms with E-state index in [0.717, 1.165) is 13.1 Å².